The van der Waals surface area contributed by atoms with Gasteiger partial charge in [-0.25, -0.2) is 0 Å². The minimum absolute atomic E-state index is 0.0181. The van der Waals surface area contributed by atoms with E-state index in [4.69, 9.17) is 5.73 Å². The average Bonchev–Trinajstić information content (AvgIpc) is 2.55. The summed E-state index contributed by atoms with van der Waals surface area (Å²) in [5, 5.41) is 3.09. The van der Waals surface area contributed by atoms with Gasteiger partial charge in [0.05, 0.1) is 5.33 Å². The van der Waals surface area contributed by atoms with Crippen molar-refractivity contribution in [3.63, 3.8) is 0 Å². The number of carbonyl (C=O) groups is 2. The molecule has 0 unspecified atom stereocenters. The van der Waals surface area contributed by atoms with Crippen LogP contribution in [0.4, 0.5) is 5.69 Å². The average molecular weight is 389 g/mol. The molecule has 0 atom stereocenters. The molecule has 0 aliphatic rings. The normalized spacial score (nSPS) is 11.2. The van der Waals surface area contributed by atoms with E-state index in [0.717, 1.165) is 11.1 Å². The molecule has 2 aromatic rings. The topological polar surface area (TPSA) is 72.2 Å². The van der Waals surface area contributed by atoms with Crippen LogP contribution in [0, 0.1) is 6.92 Å². The van der Waals surface area contributed by atoms with Crippen molar-refractivity contribution < 1.29 is 9.59 Å². The van der Waals surface area contributed by atoms with Gasteiger partial charge in [0.1, 0.15) is 0 Å². The Kier molecular flexibility index (Phi) is 5.57. The van der Waals surface area contributed by atoms with Gasteiger partial charge in [-0.1, -0.05) is 34.1 Å². The Labute approximate surface area is 150 Å². The monoisotopic (exact) mass is 388 g/mol. The summed E-state index contributed by atoms with van der Waals surface area (Å²) in [5.74, 6) is -0.252. The minimum atomic E-state index is -0.518. The molecule has 24 heavy (non-hydrogen) atoms. The summed E-state index contributed by atoms with van der Waals surface area (Å²) in [6.45, 7) is 5.65. The standard InChI is InChI=1S/C19H21BrN2O2/c1-12-7-8-15(10-16(12)17(23)11-20)22-18(24)13-5-4-6-14(9-13)19(2,3)21/h4-10H,11,21H2,1-3H3,(H,22,24). The van der Waals surface area contributed by atoms with Crippen molar-refractivity contribution in [3.05, 3.63) is 64.7 Å². The number of rotatable bonds is 5. The van der Waals surface area contributed by atoms with E-state index >= 15 is 0 Å². The molecule has 0 bridgehead atoms. The van der Waals surface area contributed by atoms with Gasteiger partial charge in [-0.15, -0.1) is 0 Å². The number of ketones is 1. The smallest absolute Gasteiger partial charge is 0.255 e. The first-order valence-corrected chi connectivity index (χ1v) is 8.75. The number of hydrogen-bond acceptors (Lipinski definition) is 3. The number of aryl methyl sites for hydroxylation is 1. The van der Waals surface area contributed by atoms with Gasteiger partial charge in [-0.3, -0.25) is 9.59 Å². The van der Waals surface area contributed by atoms with E-state index in [9.17, 15) is 9.59 Å². The number of nitrogens with two attached hydrogens (primary N) is 1. The number of benzene rings is 2. The Balaban J connectivity index is 2.26. The predicted molar refractivity (Wildman–Crippen MR) is 101 cm³/mol. The number of carbonyl (C=O) groups excluding carboxylic acids is 2. The highest BCUT2D eigenvalue weighted by Gasteiger charge is 2.16. The quantitative estimate of drug-likeness (QED) is 0.599. The first-order chi connectivity index (χ1) is 11.2. The fraction of sp³-hybridized carbons (Fsp3) is 0.263. The Hall–Kier alpha value is -1.98. The van der Waals surface area contributed by atoms with Crippen LogP contribution in [0.5, 0.6) is 0 Å². The second kappa shape index (κ2) is 7.28. The maximum Gasteiger partial charge on any atom is 0.255 e. The van der Waals surface area contributed by atoms with Crippen molar-refractivity contribution in [2.24, 2.45) is 5.73 Å². The van der Waals surface area contributed by atoms with Gasteiger partial charge in [-0.05, 0) is 56.2 Å². The van der Waals surface area contributed by atoms with Crippen LogP contribution in [0.15, 0.2) is 42.5 Å². The molecule has 2 aromatic carbocycles. The van der Waals surface area contributed by atoms with Crippen molar-refractivity contribution in [1.82, 2.24) is 0 Å². The van der Waals surface area contributed by atoms with Gasteiger partial charge in [0.2, 0.25) is 0 Å². The van der Waals surface area contributed by atoms with E-state index in [-0.39, 0.29) is 17.0 Å². The minimum Gasteiger partial charge on any atom is -0.322 e. The van der Waals surface area contributed by atoms with E-state index in [1.807, 2.05) is 39.0 Å². The molecule has 2 rings (SSSR count). The maximum absolute atomic E-state index is 12.5. The molecule has 0 spiro atoms. The highest BCUT2D eigenvalue weighted by molar-refractivity contribution is 9.09. The highest BCUT2D eigenvalue weighted by atomic mass is 79.9. The fourth-order valence-electron chi connectivity index (χ4n) is 2.34. The summed E-state index contributed by atoms with van der Waals surface area (Å²) in [4.78, 5) is 24.4. The van der Waals surface area contributed by atoms with E-state index in [0.29, 0.717) is 16.8 Å². The number of hydrogen-bond donors (Lipinski definition) is 2. The lowest BCUT2D eigenvalue weighted by Gasteiger charge is -2.19. The van der Waals surface area contributed by atoms with Crippen molar-refractivity contribution in [2.45, 2.75) is 26.3 Å². The predicted octanol–water partition coefficient (Wildman–Crippen LogP) is 4.02. The van der Waals surface area contributed by atoms with E-state index < -0.39 is 5.54 Å². The first-order valence-electron chi connectivity index (χ1n) is 7.63. The van der Waals surface area contributed by atoms with Crippen LogP contribution in [0.25, 0.3) is 0 Å². The third kappa shape index (κ3) is 4.30. The van der Waals surface area contributed by atoms with Crippen LogP contribution in [-0.2, 0) is 5.54 Å². The number of Topliss-reactive ketones (excluding diaryl/α,β-unsaturated/α-hetero) is 1. The molecule has 5 heteroatoms. The summed E-state index contributed by atoms with van der Waals surface area (Å²) < 4.78 is 0. The molecule has 4 nitrogen and oxygen atoms in total. The van der Waals surface area contributed by atoms with Crippen LogP contribution in [0.2, 0.25) is 0 Å². The summed E-state index contributed by atoms with van der Waals surface area (Å²) in [6, 6.07) is 12.5. The zero-order chi connectivity index (χ0) is 17.9. The van der Waals surface area contributed by atoms with Gasteiger partial charge >= 0.3 is 0 Å². The van der Waals surface area contributed by atoms with Crippen LogP contribution in [0.3, 0.4) is 0 Å². The first kappa shape index (κ1) is 18.4. The van der Waals surface area contributed by atoms with E-state index in [2.05, 4.69) is 21.2 Å². The van der Waals surface area contributed by atoms with Crippen LogP contribution in [-0.4, -0.2) is 17.0 Å². The molecular weight excluding hydrogens is 368 g/mol. The van der Waals surface area contributed by atoms with Crippen molar-refractivity contribution in [2.75, 3.05) is 10.6 Å². The van der Waals surface area contributed by atoms with E-state index in [1.165, 1.54) is 0 Å². The summed E-state index contributed by atoms with van der Waals surface area (Å²) >= 11 is 3.18. The lowest BCUT2D eigenvalue weighted by Crippen LogP contribution is -2.29. The Morgan fingerprint density at radius 2 is 1.88 bits per heavy atom. The van der Waals surface area contributed by atoms with Crippen molar-refractivity contribution in [3.8, 4) is 0 Å². The number of amides is 1. The number of alkyl halides is 1. The fourth-order valence-corrected chi connectivity index (χ4v) is 2.64. The molecule has 0 heterocycles. The summed E-state index contributed by atoms with van der Waals surface area (Å²) in [7, 11) is 0. The Morgan fingerprint density at radius 3 is 2.50 bits per heavy atom. The highest BCUT2D eigenvalue weighted by Crippen LogP contribution is 2.20. The molecule has 126 valence electrons. The number of halogens is 1. The van der Waals surface area contributed by atoms with Crippen LogP contribution >= 0.6 is 15.9 Å². The molecule has 0 saturated carbocycles. The van der Waals surface area contributed by atoms with E-state index in [1.54, 1.807) is 24.3 Å². The van der Waals surface area contributed by atoms with Gasteiger partial charge in [0.15, 0.2) is 5.78 Å². The third-order valence-electron chi connectivity index (χ3n) is 3.79. The molecular formula is C19H21BrN2O2. The molecule has 1 amide bonds. The lowest BCUT2D eigenvalue weighted by molar-refractivity contribution is 0.101. The largest absolute Gasteiger partial charge is 0.322 e. The zero-order valence-electron chi connectivity index (χ0n) is 14.0. The molecule has 3 N–H and O–H groups in total. The van der Waals surface area contributed by atoms with Crippen LogP contribution < -0.4 is 11.1 Å². The van der Waals surface area contributed by atoms with Crippen molar-refractivity contribution >= 4 is 33.3 Å². The van der Waals surface area contributed by atoms with Gasteiger partial charge in [0, 0.05) is 22.4 Å². The summed E-state index contributed by atoms with van der Waals surface area (Å²) in [6.07, 6.45) is 0. The van der Waals surface area contributed by atoms with Crippen LogP contribution in [0.1, 0.15) is 45.7 Å². The molecule has 0 radical (unpaired) electrons. The Bertz CT molecular complexity index is 779. The molecule has 0 aliphatic heterocycles. The van der Waals surface area contributed by atoms with Crippen molar-refractivity contribution in [1.29, 1.82) is 0 Å². The molecule has 0 saturated heterocycles. The second-order valence-corrected chi connectivity index (χ2v) is 6.90. The number of anilines is 1. The summed E-state index contributed by atoms with van der Waals surface area (Å²) in [5.41, 5.74) is 9.05. The SMILES string of the molecule is Cc1ccc(NC(=O)c2cccc(C(C)(C)N)c2)cc1C(=O)CBr. The molecule has 0 fully saturated rings. The van der Waals surface area contributed by atoms with Gasteiger partial charge in [0.25, 0.3) is 5.91 Å². The molecule has 0 aromatic heterocycles. The third-order valence-corrected chi connectivity index (χ3v) is 4.30. The van der Waals surface area contributed by atoms with Gasteiger partial charge < -0.3 is 11.1 Å². The lowest BCUT2D eigenvalue weighted by atomic mass is 9.94. The Morgan fingerprint density at radius 1 is 1.17 bits per heavy atom. The van der Waals surface area contributed by atoms with Gasteiger partial charge in [-0.2, -0.15) is 0 Å². The number of nitrogens with one attached hydrogen (secondary N) is 1. The zero-order valence-corrected chi connectivity index (χ0v) is 15.6. The maximum atomic E-state index is 12.5. The second-order valence-electron chi connectivity index (χ2n) is 6.34. The molecule has 0 aliphatic carbocycles.